The number of hydrogen-bond donors (Lipinski definition) is 0. The molecule has 3 rings (SSSR count). The Morgan fingerprint density at radius 2 is 2.00 bits per heavy atom. The predicted molar refractivity (Wildman–Crippen MR) is 78.1 cm³/mol. The average Bonchev–Trinajstić information content (AvgIpc) is 3.04. The van der Waals surface area contributed by atoms with Crippen LogP contribution < -0.4 is 0 Å². The van der Waals surface area contributed by atoms with Gasteiger partial charge in [0.1, 0.15) is 0 Å². The van der Waals surface area contributed by atoms with Crippen molar-refractivity contribution in [1.29, 1.82) is 0 Å². The van der Waals surface area contributed by atoms with Gasteiger partial charge in [0.15, 0.2) is 11.5 Å². The normalized spacial score (nSPS) is 16.4. The molecule has 0 aliphatic carbocycles. The van der Waals surface area contributed by atoms with Gasteiger partial charge in [0.2, 0.25) is 0 Å². The van der Waals surface area contributed by atoms with Gasteiger partial charge in [0.25, 0.3) is 5.91 Å². The fourth-order valence-corrected chi connectivity index (χ4v) is 2.55. The average molecular weight is 340 g/mol. The van der Waals surface area contributed by atoms with Crippen molar-refractivity contribution in [3.05, 3.63) is 36.3 Å². The number of rotatable bonds is 3. The first kappa shape index (κ1) is 16.4. The van der Waals surface area contributed by atoms with Crippen molar-refractivity contribution in [2.24, 2.45) is 0 Å². The lowest BCUT2D eigenvalue weighted by molar-refractivity contribution is -0.148. The minimum atomic E-state index is -4.23. The summed E-state index contributed by atoms with van der Waals surface area (Å²) >= 11 is 0. The fraction of sp³-hybridized carbons (Fsp3) is 0.400. The maximum absolute atomic E-state index is 12.4. The van der Waals surface area contributed by atoms with E-state index in [1.165, 1.54) is 15.9 Å². The van der Waals surface area contributed by atoms with Gasteiger partial charge in [-0.3, -0.25) is 14.7 Å². The summed E-state index contributed by atoms with van der Waals surface area (Å²) in [5, 5.41) is 3.76. The molecule has 128 valence electrons. The molecule has 3 heterocycles. The van der Waals surface area contributed by atoms with Crippen LogP contribution in [0.25, 0.3) is 11.3 Å². The quantitative estimate of drug-likeness (QED) is 0.856. The van der Waals surface area contributed by atoms with Gasteiger partial charge in [0, 0.05) is 50.2 Å². The van der Waals surface area contributed by atoms with Gasteiger partial charge in [0.05, 0.1) is 6.54 Å². The Balaban J connectivity index is 1.61. The maximum atomic E-state index is 12.4. The molecule has 0 aromatic carbocycles. The Labute approximate surface area is 135 Å². The van der Waals surface area contributed by atoms with Crippen molar-refractivity contribution in [2.45, 2.75) is 6.18 Å². The molecule has 0 radical (unpaired) electrons. The van der Waals surface area contributed by atoms with Crippen LogP contribution in [0.2, 0.25) is 0 Å². The third kappa shape index (κ3) is 3.91. The Hall–Kier alpha value is -2.42. The number of halogens is 3. The molecule has 0 atom stereocenters. The molecular formula is C15H15F3N4O2. The highest BCUT2D eigenvalue weighted by Gasteiger charge is 2.33. The number of carbonyl (C=O) groups is 1. The second kappa shape index (κ2) is 6.60. The van der Waals surface area contributed by atoms with E-state index in [0.717, 1.165) is 0 Å². The molecule has 1 saturated heterocycles. The number of nitrogens with zero attached hydrogens (tertiary/aromatic N) is 4. The van der Waals surface area contributed by atoms with E-state index in [2.05, 4.69) is 10.1 Å². The topological polar surface area (TPSA) is 62.5 Å². The Bertz CT molecular complexity index is 694. The van der Waals surface area contributed by atoms with E-state index < -0.39 is 12.7 Å². The minimum absolute atomic E-state index is 0.137. The fourth-order valence-electron chi connectivity index (χ4n) is 2.55. The SMILES string of the molecule is O=C(c1cc(-c2cccnc2)on1)N1CCN(CC(F)(F)F)CC1. The lowest BCUT2D eigenvalue weighted by Gasteiger charge is -2.34. The van der Waals surface area contributed by atoms with Crippen LogP contribution in [0, 0.1) is 0 Å². The first-order valence-corrected chi connectivity index (χ1v) is 7.38. The van der Waals surface area contributed by atoms with E-state index in [1.54, 1.807) is 24.5 Å². The maximum Gasteiger partial charge on any atom is 0.401 e. The summed E-state index contributed by atoms with van der Waals surface area (Å²) < 4.78 is 42.3. The second-order valence-corrected chi connectivity index (χ2v) is 5.50. The number of hydrogen-bond acceptors (Lipinski definition) is 5. The van der Waals surface area contributed by atoms with E-state index in [9.17, 15) is 18.0 Å². The molecule has 2 aromatic rings. The van der Waals surface area contributed by atoms with Gasteiger partial charge in [-0.1, -0.05) is 5.16 Å². The zero-order chi connectivity index (χ0) is 17.2. The molecule has 24 heavy (non-hydrogen) atoms. The van der Waals surface area contributed by atoms with Gasteiger partial charge in [-0.15, -0.1) is 0 Å². The molecular weight excluding hydrogens is 325 g/mol. The van der Waals surface area contributed by atoms with Gasteiger partial charge >= 0.3 is 6.18 Å². The standard InChI is InChI=1S/C15H15F3N4O2/c16-15(17,18)10-21-4-6-22(7-5-21)14(23)12-8-13(24-20-12)11-2-1-3-19-9-11/h1-3,8-9H,4-7,10H2. The minimum Gasteiger partial charge on any atom is -0.355 e. The first-order chi connectivity index (χ1) is 11.4. The molecule has 1 fully saturated rings. The van der Waals surface area contributed by atoms with E-state index in [0.29, 0.717) is 11.3 Å². The summed E-state index contributed by atoms with van der Waals surface area (Å²) in [6.07, 6.45) is -1.02. The summed E-state index contributed by atoms with van der Waals surface area (Å²) in [5.41, 5.74) is 0.831. The number of alkyl halides is 3. The molecule has 1 aliphatic rings. The van der Waals surface area contributed by atoms with Gasteiger partial charge in [-0.25, -0.2) is 0 Å². The lowest BCUT2D eigenvalue weighted by Crippen LogP contribution is -2.51. The van der Waals surface area contributed by atoms with Crippen LogP contribution in [0.4, 0.5) is 13.2 Å². The molecule has 0 bridgehead atoms. The summed E-state index contributed by atoms with van der Waals surface area (Å²) in [5.74, 6) is 0.0720. The van der Waals surface area contributed by atoms with E-state index >= 15 is 0 Å². The zero-order valence-electron chi connectivity index (χ0n) is 12.7. The Morgan fingerprint density at radius 3 is 2.62 bits per heavy atom. The number of pyridine rings is 1. The Morgan fingerprint density at radius 1 is 1.25 bits per heavy atom. The lowest BCUT2D eigenvalue weighted by atomic mass is 10.2. The van der Waals surface area contributed by atoms with Crippen molar-refractivity contribution in [3.63, 3.8) is 0 Å². The van der Waals surface area contributed by atoms with E-state index in [4.69, 9.17) is 4.52 Å². The predicted octanol–water partition coefficient (Wildman–Crippen LogP) is 2.06. The molecule has 2 aromatic heterocycles. The van der Waals surface area contributed by atoms with Crippen LogP contribution >= 0.6 is 0 Å². The van der Waals surface area contributed by atoms with Crippen molar-refractivity contribution in [2.75, 3.05) is 32.7 Å². The van der Waals surface area contributed by atoms with E-state index in [-0.39, 0.29) is 37.8 Å². The van der Waals surface area contributed by atoms with Gasteiger partial charge in [-0.2, -0.15) is 13.2 Å². The van der Waals surface area contributed by atoms with Crippen LogP contribution in [0.5, 0.6) is 0 Å². The largest absolute Gasteiger partial charge is 0.401 e. The van der Waals surface area contributed by atoms with Crippen LogP contribution in [0.3, 0.4) is 0 Å². The Kier molecular flexibility index (Phi) is 4.52. The smallest absolute Gasteiger partial charge is 0.355 e. The summed E-state index contributed by atoms with van der Waals surface area (Å²) in [6, 6.07) is 5.03. The summed E-state index contributed by atoms with van der Waals surface area (Å²) in [6.45, 7) is -0.144. The molecule has 6 nitrogen and oxygen atoms in total. The zero-order valence-corrected chi connectivity index (χ0v) is 12.7. The number of carbonyl (C=O) groups excluding carboxylic acids is 1. The van der Waals surface area contributed by atoms with Crippen molar-refractivity contribution >= 4 is 5.91 Å². The van der Waals surface area contributed by atoms with Crippen LogP contribution in [0.15, 0.2) is 35.1 Å². The highest BCUT2D eigenvalue weighted by molar-refractivity contribution is 5.93. The summed E-state index contributed by atoms with van der Waals surface area (Å²) in [4.78, 5) is 19.1. The first-order valence-electron chi connectivity index (χ1n) is 7.38. The molecule has 0 saturated carbocycles. The third-order valence-electron chi connectivity index (χ3n) is 3.74. The molecule has 1 aliphatic heterocycles. The number of aromatic nitrogens is 2. The second-order valence-electron chi connectivity index (χ2n) is 5.50. The van der Waals surface area contributed by atoms with Crippen LogP contribution in [-0.4, -0.2) is 64.7 Å². The molecule has 0 N–H and O–H groups in total. The van der Waals surface area contributed by atoms with Crippen molar-refractivity contribution in [1.82, 2.24) is 19.9 Å². The van der Waals surface area contributed by atoms with Crippen molar-refractivity contribution in [3.8, 4) is 11.3 Å². The number of piperazine rings is 1. The number of amides is 1. The van der Waals surface area contributed by atoms with Crippen LogP contribution in [0.1, 0.15) is 10.5 Å². The van der Waals surface area contributed by atoms with Crippen LogP contribution in [-0.2, 0) is 0 Å². The molecule has 0 unspecified atom stereocenters. The molecule has 0 spiro atoms. The monoisotopic (exact) mass is 340 g/mol. The van der Waals surface area contributed by atoms with Gasteiger partial charge < -0.3 is 9.42 Å². The third-order valence-corrected chi connectivity index (χ3v) is 3.74. The van der Waals surface area contributed by atoms with E-state index in [1.807, 2.05) is 0 Å². The molecule has 1 amide bonds. The van der Waals surface area contributed by atoms with Crippen molar-refractivity contribution < 1.29 is 22.5 Å². The van der Waals surface area contributed by atoms with Gasteiger partial charge in [-0.05, 0) is 12.1 Å². The highest BCUT2D eigenvalue weighted by atomic mass is 19.4. The highest BCUT2D eigenvalue weighted by Crippen LogP contribution is 2.21. The molecule has 9 heteroatoms. The summed E-state index contributed by atoms with van der Waals surface area (Å²) in [7, 11) is 0.